The minimum absolute atomic E-state index is 0.141. The molecule has 1 aliphatic heterocycles. The summed E-state index contributed by atoms with van der Waals surface area (Å²) in [5, 5.41) is 13.3. The summed E-state index contributed by atoms with van der Waals surface area (Å²) < 4.78 is 6.14. The minimum Gasteiger partial charge on any atom is -0.479 e. The number of fused-ring (bicyclic) bond motifs is 1. The summed E-state index contributed by atoms with van der Waals surface area (Å²) in [6.07, 6.45) is -1.14. The Bertz CT molecular complexity index is 1310. The highest BCUT2D eigenvalue weighted by Crippen LogP contribution is 2.43. The van der Waals surface area contributed by atoms with Crippen LogP contribution in [-0.2, 0) is 29.2 Å². The van der Waals surface area contributed by atoms with Gasteiger partial charge in [-0.3, -0.25) is 0 Å². The second-order valence-corrected chi connectivity index (χ2v) is 10.8. The predicted octanol–water partition coefficient (Wildman–Crippen LogP) is 6.45. The van der Waals surface area contributed by atoms with Gasteiger partial charge in [0.25, 0.3) is 0 Å². The number of ether oxygens (including phenoxy) is 1. The van der Waals surface area contributed by atoms with Gasteiger partial charge in [0.15, 0.2) is 6.10 Å². The number of hydrogen-bond donors (Lipinski definition) is 2. The van der Waals surface area contributed by atoms with Crippen molar-refractivity contribution in [1.29, 1.82) is 0 Å². The Morgan fingerprint density at radius 2 is 1.54 bits per heavy atom. The zero-order valence-corrected chi connectivity index (χ0v) is 22.5. The predicted molar refractivity (Wildman–Crippen MR) is 145 cm³/mol. The van der Waals surface area contributed by atoms with Gasteiger partial charge in [0.1, 0.15) is 0 Å². The summed E-state index contributed by atoms with van der Waals surface area (Å²) in [4.78, 5) is 27.5. The van der Waals surface area contributed by atoms with Gasteiger partial charge < -0.3 is 20.1 Å². The fraction of sp³-hybridized carbons (Fsp3) is 0.355. The van der Waals surface area contributed by atoms with E-state index in [1.54, 1.807) is 4.90 Å². The van der Waals surface area contributed by atoms with Crippen molar-refractivity contribution in [3.05, 3.63) is 93.5 Å². The van der Waals surface area contributed by atoms with Gasteiger partial charge in [-0.2, -0.15) is 0 Å². The molecule has 6 heteroatoms. The molecule has 0 bridgehead atoms. The zero-order chi connectivity index (χ0) is 26.9. The average molecular weight is 501 g/mol. The molecule has 1 aliphatic rings. The van der Waals surface area contributed by atoms with Crippen LogP contribution in [0.4, 0.5) is 4.79 Å². The SMILES string of the molecule is Cc1ccc(-c2c(C)c3c(c(C)c2C(OC(C)(C)C)C(=O)O)CN(C(=O)NCc2ccccc2)C3)cc1. The summed E-state index contributed by atoms with van der Waals surface area (Å²) in [5.41, 5.74) is 7.92. The number of hydrogen-bond acceptors (Lipinski definition) is 3. The van der Waals surface area contributed by atoms with Crippen LogP contribution in [0.5, 0.6) is 0 Å². The van der Waals surface area contributed by atoms with E-state index in [4.69, 9.17) is 4.74 Å². The largest absolute Gasteiger partial charge is 0.479 e. The maximum Gasteiger partial charge on any atom is 0.337 e. The van der Waals surface area contributed by atoms with Gasteiger partial charge in [0.05, 0.1) is 5.60 Å². The Labute approximate surface area is 219 Å². The average Bonchev–Trinajstić information content (AvgIpc) is 3.30. The number of amides is 2. The molecule has 1 heterocycles. The van der Waals surface area contributed by atoms with Crippen LogP contribution in [0, 0.1) is 20.8 Å². The molecular weight excluding hydrogens is 464 g/mol. The molecule has 2 N–H and O–H groups in total. The van der Waals surface area contributed by atoms with Gasteiger partial charge in [-0.1, -0.05) is 60.2 Å². The molecule has 4 rings (SSSR count). The Morgan fingerprint density at radius 1 is 0.946 bits per heavy atom. The van der Waals surface area contributed by atoms with Gasteiger partial charge in [0.2, 0.25) is 0 Å². The van der Waals surface area contributed by atoms with Crippen molar-refractivity contribution in [2.24, 2.45) is 0 Å². The fourth-order valence-electron chi connectivity index (χ4n) is 5.06. The third kappa shape index (κ3) is 5.70. The van der Waals surface area contributed by atoms with Crippen molar-refractivity contribution in [3.8, 4) is 11.1 Å². The number of aryl methyl sites for hydroxylation is 1. The van der Waals surface area contributed by atoms with Crippen LogP contribution in [0.1, 0.15) is 65.8 Å². The maximum atomic E-state index is 13.1. The van der Waals surface area contributed by atoms with Crippen molar-refractivity contribution in [1.82, 2.24) is 10.2 Å². The van der Waals surface area contributed by atoms with Gasteiger partial charge in [0, 0.05) is 25.2 Å². The lowest BCUT2D eigenvalue weighted by Gasteiger charge is -2.29. The first-order chi connectivity index (χ1) is 17.5. The number of carbonyl (C=O) groups excluding carboxylic acids is 1. The molecule has 0 radical (unpaired) electrons. The molecule has 0 aromatic heterocycles. The molecule has 0 spiro atoms. The van der Waals surface area contributed by atoms with Crippen molar-refractivity contribution in [2.45, 2.75) is 72.9 Å². The second-order valence-electron chi connectivity index (χ2n) is 10.8. The lowest BCUT2D eigenvalue weighted by atomic mass is 9.83. The first kappa shape index (κ1) is 26.4. The molecule has 37 heavy (non-hydrogen) atoms. The van der Waals surface area contributed by atoms with Crippen molar-refractivity contribution in [2.75, 3.05) is 0 Å². The Balaban J connectivity index is 1.77. The topological polar surface area (TPSA) is 78.9 Å². The van der Waals surface area contributed by atoms with E-state index in [9.17, 15) is 14.7 Å². The first-order valence-electron chi connectivity index (χ1n) is 12.7. The highest BCUT2D eigenvalue weighted by atomic mass is 16.5. The minimum atomic E-state index is -1.14. The number of rotatable bonds is 6. The Kier molecular flexibility index (Phi) is 7.42. The number of nitrogens with zero attached hydrogens (tertiary/aromatic N) is 1. The molecule has 0 fully saturated rings. The van der Waals surface area contributed by atoms with Crippen LogP contribution in [0.2, 0.25) is 0 Å². The molecule has 3 aromatic carbocycles. The molecule has 0 saturated carbocycles. The van der Waals surface area contributed by atoms with Crippen LogP contribution in [0.3, 0.4) is 0 Å². The molecule has 3 aromatic rings. The second kappa shape index (κ2) is 10.4. The summed E-state index contributed by atoms with van der Waals surface area (Å²) in [6.45, 7) is 12.9. The molecule has 0 aliphatic carbocycles. The van der Waals surface area contributed by atoms with E-state index in [0.717, 1.165) is 44.5 Å². The number of carboxylic acids is 1. The zero-order valence-electron chi connectivity index (χ0n) is 22.5. The van der Waals surface area contributed by atoms with E-state index < -0.39 is 17.7 Å². The number of carboxylic acid groups (broad SMARTS) is 1. The molecule has 1 unspecified atom stereocenters. The summed E-state index contributed by atoms with van der Waals surface area (Å²) >= 11 is 0. The van der Waals surface area contributed by atoms with Gasteiger partial charge >= 0.3 is 12.0 Å². The Morgan fingerprint density at radius 3 is 2.11 bits per heavy atom. The van der Waals surface area contributed by atoms with Crippen LogP contribution in [0.15, 0.2) is 54.6 Å². The molecule has 1 atom stereocenters. The maximum absolute atomic E-state index is 13.1. The highest BCUT2D eigenvalue weighted by molar-refractivity contribution is 5.85. The molecular formula is C31H36N2O4. The smallest absolute Gasteiger partial charge is 0.337 e. The van der Waals surface area contributed by atoms with E-state index in [0.29, 0.717) is 25.2 Å². The van der Waals surface area contributed by atoms with E-state index in [1.165, 1.54) is 0 Å². The number of urea groups is 1. The fourth-order valence-corrected chi connectivity index (χ4v) is 5.06. The number of carbonyl (C=O) groups is 2. The highest BCUT2D eigenvalue weighted by Gasteiger charge is 2.36. The monoisotopic (exact) mass is 500 g/mol. The summed E-state index contributed by atoms with van der Waals surface area (Å²) in [7, 11) is 0. The third-order valence-corrected chi connectivity index (χ3v) is 6.89. The van der Waals surface area contributed by atoms with Crippen LogP contribution >= 0.6 is 0 Å². The molecule has 2 amide bonds. The number of aliphatic carboxylic acids is 1. The van der Waals surface area contributed by atoms with Gasteiger partial charge in [-0.15, -0.1) is 0 Å². The van der Waals surface area contributed by atoms with Crippen LogP contribution in [-0.4, -0.2) is 27.6 Å². The van der Waals surface area contributed by atoms with Crippen molar-refractivity contribution < 1.29 is 19.4 Å². The van der Waals surface area contributed by atoms with Crippen LogP contribution < -0.4 is 5.32 Å². The lowest BCUT2D eigenvalue weighted by molar-refractivity contribution is -0.160. The summed E-state index contributed by atoms with van der Waals surface area (Å²) in [5.74, 6) is -1.03. The van der Waals surface area contributed by atoms with Gasteiger partial charge in [-0.05, 0) is 80.5 Å². The van der Waals surface area contributed by atoms with E-state index in [2.05, 4.69) is 5.32 Å². The van der Waals surface area contributed by atoms with Crippen molar-refractivity contribution >= 4 is 12.0 Å². The number of nitrogens with one attached hydrogen (secondary N) is 1. The van der Waals surface area contributed by atoms with E-state index >= 15 is 0 Å². The molecule has 194 valence electrons. The Hall–Kier alpha value is -3.64. The van der Waals surface area contributed by atoms with E-state index in [-0.39, 0.29) is 6.03 Å². The normalized spacial score (nSPS) is 13.8. The standard InChI is InChI=1S/C31H36N2O4/c1-19-12-14-23(15-13-19)26-20(2)24-17-33(30(36)32-16-22-10-8-7-9-11-22)18-25(24)21(3)27(26)28(29(34)35)37-31(4,5)6/h7-15,28H,16-18H2,1-6H3,(H,32,36)(H,34,35). The first-order valence-corrected chi connectivity index (χ1v) is 12.7. The quantitative estimate of drug-likeness (QED) is 0.408. The van der Waals surface area contributed by atoms with Crippen molar-refractivity contribution in [3.63, 3.8) is 0 Å². The third-order valence-electron chi connectivity index (χ3n) is 6.89. The van der Waals surface area contributed by atoms with Crippen LogP contribution in [0.25, 0.3) is 11.1 Å². The lowest BCUT2D eigenvalue weighted by Crippen LogP contribution is -2.36. The number of benzene rings is 3. The summed E-state index contributed by atoms with van der Waals surface area (Å²) in [6, 6.07) is 17.8. The van der Waals surface area contributed by atoms with E-state index in [1.807, 2.05) is 96.1 Å². The van der Waals surface area contributed by atoms with Gasteiger partial charge in [-0.25, -0.2) is 9.59 Å². The molecule has 6 nitrogen and oxygen atoms in total. The molecule has 0 saturated heterocycles.